The van der Waals surface area contributed by atoms with E-state index in [0.717, 1.165) is 27.8 Å². The highest BCUT2D eigenvalue weighted by Gasteiger charge is 2.38. The van der Waals surface area contributed by atoms with Gasteiger partial charge in [-0.25, -0.2) is 23.1 Å². The minimum absolute atomic E-state index is 0.00800. The van der Waals surface area contributed by atoms with Crippen molar-refractivity contribution in [3.8, 4) is 34.2 Å². The lowest BCUT2D eigenvalue weighted by Crippen LogP contribution is -2.57. The van der Waals surface area contributed by atoms with Gasteiger partial charge in [-0.05, 0) is 44.2 Å². The minimum atomic E-state index is -3.11. The topological polar surface area (TPSA) is 116 Å². The number of fused-ring (bicyclic) bond motifs is 1. The maximum Gasteiger partial charge on any atom is 0.213 e. The molecular weight excluding hydrogens is 545 g/mol. The van der Waals surface area contributed by atoms with Gasteiger partial charge in [0.2, 0.25) is 5.95 Å². The Morgan fingerprint density at radius 1 is 1.05 bits per heavy atom. The molecular formula is C29H28FN7O3S. The predicted molar refractivity (Wildman–Crippen MR) is 154 cm³/mol. The molecule has 6 heterocycles. The van der Waals surface area contributed by atoms with Gasteiger partial charge in [-0.1, -0.05) is 6.07 Å². The number of hydrogen-bond donors (Lipinski definition) is 0. The van der Waals surface area contributed by atoms with Crippen molar-refractivity contribution in [1.82, 2.24) is 29.7 Å². The molecule has 0 amide bonds. The van der Waals surface area contributed by atoms with Crippen LogP contribution in [0.4, 0.5) is 10.1 Å². The number of aromatic nitrogens is 6. The van der Waals surface area contributed by atoms with Crippen LogP contribution in [-0.2, 0) is 9.84 Å². The van der Waals surface area contributed by atoms with Crippen molar-refractivity contribution in [2.45, 2.75) is 19.9 Å². The van der Waals surface area contributed by atoms with Gasteiger partial charge in [-0.2, -0.15) is 9.49 Å². The van der Waals surface area contributed by atoms with E-state index in [9.17, 15) is 12.8 Å². The van der Waals surface area contributed by atoms with Gasteiger partial charge in [-0.15, -0.1) is 0 Å². The summed E-state index contributed by atoms with van der Waals surface area (Å²) in [5, 5.41) is 5.50. The Balaban J connectivity index is 1.49. The van der Waals surface area contributed by atoms with E-state index in [1.165, 1.54) is 12.3 Å². The molecule has 5 aromatic heterocycles. The molecule has 0 unspecified atom stereocenters. The Morgan fingerprint density at radius 2 is 1.88 bits per heavy atom. The fourth-order valence-electron chi connectivity index (χ4n) is 5.32. The van der Waals surface area contributed by atoms with Crippen LogP contribution in [0.25, 0.3) is 39.4 Å². The molecule has 1 aliphatic heterocycles. The Bertz CT molecular complexity index is 1890. The molecule has 1 fully saturated rings. The molecule has 10 nitrogen and oxygen atoms in total. The fourth-order valence-corrected chi connectivity index (χ4v) is 6.48. The number of nitrogens with zero attached hydrogens (tertiary/aromatic N) is 7. The van der Waals surface area contributed by atoms with Gasteiger partial charge < -0.3 is 9.64 Å². The third kappa shape index (κ3) is 5.10. The molecule has 0 N–H and O–H groups in total. The second-order valence-corrected chi connectivity index (χ2v) is 12.5. The zero-order chi connectivity index (χ0) is 28.9. The molecule has 1 saturated heterocycles. The monoisotopic (exact) mass is 573 g/mol. The summed E-state index contributed by atoms with van der Waals surface area (Å²) >= 11 is 0. The predicted octanol–water partition coefficient (Wildman–Crippen LogP) is 4.26. The number of hydrogen-bond acceptors (Lipinski definition) is 9. The quantitative estimate of drug-likeness (QED) is 0.263. The van der Waals surface area contributed by atoms with Crippen LogP contribution in [0, 0.1) is 18.8 Å². The van der Waals surface area contributed by atoms with Gasteiger partial charge in [-0.3, -0.25) is 9.97 Å². The zero-order valence-electron chi connectivity index (χ0n) is 23.0. The molecule has 6 rings (SSSR count). The molecule has 0 spiro atoms. The lowest BCUT2D eigenvalue weighted by molar-refractivity contribution is 0.341. The Kier molecular flexibility index (Phi) is 6.65. The van der Waals surface area contributed by atoms with Crippen LogP contribution in [-0.4, -0.2) is 69.8 Å². The minimum Gasteiger partial charge on any atom is -0.496 e. The van der Waals surface area contributed by atoms with Crippen LogP contribution in [0.3, 0.4) is 0 Å². The Hall–Kier alpha value is -4.45. The SMILES string of the molecule is COc1ccncc1-c1cc2c(cnn2-c2cc(N3C[C@H](CS(C)(=O)=O)[C@H]3C)cc(-c3cccc(F)n3)n2)c(C)n1. The van der Waals surface area contributed by atoms with Crippen molar-refractivity contribution in [2.75, 3.05) is 30.6 Å². The number of aryl methyl sites for hydroxylation is 1. The van der Waals surface area contributed by atoms with Crippen molar-refractivity contribution in [3.63, 3.8) is 0 Å². The van der Waals surface area contributed by atoms with E-state index in [2.05, 4.69) is 20.0 Å². The van der Waals surface area contributed by atoms with Crippen LogP contribution in [0.15, 0.2) is 61.1 Å². The summed E-state index contributed by atoms with van der Waals surface area (Å²) in [5.41, 5.74) is 4.63. The summed E-state index contributed by atoms with van der Waals surface area (Å²) in [5.74, 6) is 0.675. The first kappa shape index (κ1) is 26.8. The molecule has 12 heteroatoms. The van der Waals surface area contributed by atoms with Gasteiger partial charge in [0.15, 0.2) is 5.82 Å². The molecule has 5 aromatic rings. The average Bonchev–Trinajstić information content (AvgIpc) is 3.39. The fraction of sp³-hybridized carbons (Fsp3) is 0.276. The van der Waals surface area contributed by atoms with E-state index in [-0.39, 0.29) is 17.7 Å². The molecule has 0 aliphatic carbocycles. The molecule has 41 heavy (non-hydrogen) atoms. The van der Waals surface area contributed by atoms with Crippen molar-refractivity contribution in [2.24, 2.45) is 5.92 Å². The number of methoxy groups -OCH3 is 1. The van der Waals surface area contributed by atoms with Crippen LogP contribution in [0.5, 0.6) is 5.75 Å². The summed E-state index contributed by atoms with van der Waals surface area (Å²) in [4.78, 5) is 20.0. The number of halogens is 1. The summed E-state index contributed by atoms with van der Waals surface area (Å²) in [6, 6.07) is 12.0. The summed E-state index contributed by atoms with van der Waals surface area (Å²) < 4.78 is 45.2. The molecule has 0 saturated carbocycles. The number of sulfone groups is 1. The molecule has 0 aromatic carbocycles. The maximum absolute atomic E-state index is 14.1. The molecule has 0 bridgehead atoms. The van der Waals surface area contributed by atoms with Crippen molar-refractivity contribution in [1.29, 1.82) is 0 Å². The van der Waals surface area contributed by atoms with E-state index in [0.29, 0.717) is 35.2 Å². The standard InChI is InChI=1S/C29H28FN7O3S/c1-17-21-14-32-37(26(21)12-24(33-17)22-13-31-9-8-27(22)40-3)29-11-20(36-15-19(18(36)2)16-41(4,38)39)10-25(35-29)23-6-5-7-28(30)34-23/h5-14,18-19H,15-16H2,1-4H3/t18-,19-/m1/s1. The van der Waals surface area contributed by atoms with Crippen molar-refractivity contribution in [3.05, 3.63) is 72.7 Å². The lowest BCUT2D eigenvalue weighted by Gasteiger charge is -2.48. The highest BCUT2D eigenvalue weighted by molar-refractivity contribution is 7.90. The summed E-state index contributed by atoms with van der Waals surface area (Å²) in [6.45, 7) is 4.49. The molecule has 2 atom stereocenters. The lowest BCUT2D eigenvalue weighted by atomic mass is 9.91. The van der Waals surface area contributed by atoms with Crippen LogP contribution >= 0.6 is 0 Å². The first-order valence-corrected chi connectivity index (χ1v) is 15.1. The van der Waals surface area contributed by atoms with Gasteiger partial charge in [0, 0.05) is 60.0 Å². The number of ether oxygens (including phenoxy) is 1. The molecule has 210 valence electrons. The first-order chi connectivity index (χ1) is 19.6. The van der Waals surface area contributed by atoms with Gasteiger partial charge in [0.05, 0.1) is 47.2 Å². The largest absolute Gasteiger partial charge is 0.496 e. The Morgan fingerprint density at radius 3 is 2.61 bits per heavy atom. The smallest absolute Gasteiger partial charge is 0.213 e. The van der Waals surface area contributed by atoms with Crippen LogP contribution in [0.1, 0.15) is 12.6 Å². The second-order valence-electron chi connectivity index (χ2n) is 10.3. The van der Waals surface area contributed by atoms with E-state index < -0.39 is 15.8 Å². The third-order valence-electron chi connectivity index (χ3n) is 7.48. The number of anilines is 1. The van der Waals surface area contributed by atoms with E-state index in [4.69, 9.17) is 14.7 Å². The molecule has 0 radical (unpaired) electrons. The number of rotatable bonds is 7. The normalized spacial score (nSPS) is 17.0. The first-order valence-electron chi connectivity index (χ1n) is 13.0. The van der Waals surface area contributed by atoms with Gasteiger partial charge in [0.25, 0.3) is 0 Å². The van der Waals surface area contributed by atoms with Crippen LogP contribution in [0.2, 0.25) is 0 Å². The van der Waals surface area contributed by atoms with E-state index in [1.54, 1.807) is 48.6 Å². The third-order valence-corrected chi connectivity index (χ3v) is 8.51. The van der Waals surface area contributed by atoms with Crippen molar-refractivity contribution < 1.29 is 17.5 Å². The second kappa shape index (κ2) is 10.2. The maximum atomic E-state index is 14.1. The highest BCUT2D eigenvalue weighted by Crippen LogP contribution is 2.36. The summed E-state index contributed by atoms with van der Waals surface area (Å²) in [6.07, 6.45) is 6.37. The average molecular weight is 574 g/mol. The van der Waals surface area contributed by atoms with Gasteiger partial charge in [0.1, 0.15) is 15.6 Å². The highest BCUT2D eigenvalue weighted by atomic mass is 32.2. The van der Waals surface area contributed by atoms with E-state index in [1.807, 2.05) is 32.0 Å². The van der Waals surface area contributed by atoms with Gasteiger partial charge >= 0.3 is 0 Å². The van der Waals surface area contributed by atoms with E-state index >= 15 is 0 Å². The zero-order valence-corrected chi connectivity index (χ0v) is 23.8. The summed E-state index contributed by atoms with van der Waals surface area (Å²) in [7, 11) is -1.51. The van der Waals surface area contributed by atoms with Crippen LogP contribution < -0.4 is 9.64 Å². The van der Waals surface area contributed by atoms with Crippen molar-refractivity contribution >= 4 is 26.4 Å². The molecule has 1 aliphatic rings. The number of pyridine rings is 4. The Labute approximate surface area is 236 Å².